The molecule has 34 heavy (non-hydrogen) atoms. The SMILES string of the molecule is COC(=O)CCCCCCCCCCP(Br)(c1ccccc1)(c1ccccc1)c1ccccc1. The minimum absolute atomic E-state index is 0.0913. The third kappa shape index (κ3) is 6.37. The predicted molar refractivity (Wildman–Crippen MR) is 153 cm³/mol. The molecular weight excluding hydrogens is 503 g/mol. The number of hydrogen-bond donors (Lipinski definition) is 0. The zero-order valence-corrected chi connectivity index (χ0v) is 22.9. The number of unbranched alkanes of at least 4 members (excludes halogenated alkanes) is 7. The van der Waals surface area contributed by atoms with E-state index in [4.69, 9.17) is 4.74 Å². The fourth-order valence-corrected chi connectivity index (χ4v) is 12.6. The summed E-state index contributed by atoms with van der Waals surface area (Å²) in [5, 5.41) is 1.43. The Balaban J connectivity index is 1.69. The Bertz CT molecular complexity index is 893. The Morgan fingerprint density at radius 1 is 0.618 bits per heavy atom. The van der Waals surface area contributed by atoms with Gasteiger partial charge in [-0.1, -0.05) is 0 Å². The Kier molecular flexibility index (Phi) is 10.4. The van der Waals surface area contributed by atoms with Crippen molar-refractivity contribution >= 4 is 42.7 Å². The normalized spacial score (nSPS) is 12.6. The standard InChI is InChI=1S/C30H38BrO2P/c1-33-30(32)25-17-6-4-2-3-5-7-18-26-34(31,27-19-11-8-12-20-27,28-21-13-9-14-22-28)29-23-15-10-16-24-29/h8-16,19-24H,2-7,17-18,25-26H2,1H3. The molecule has 0 amide bonds. The number of ether oxygens (including phenoxy) is 1. The van der Waals surface area contributed by atoms with Gasteiger partial charge in [0.2, 0.25) is 0 Å². The van der Waals surface area contributed by atoms with Crippen molar-refractivity contribution in [3.63, 3.8) is 0 Å². The van der Waals surface area contributed by atoms with Crippen LogP contribution in [0.15, 0.2) is 91.0 Å². The van der Waals surface area contributed by atoms with Crippen molar-refractivity contribution in [1.82, 2.24) is 0 Å². The molecule has 0 saturated carbocycles. The summed E-state index contributed by atoms with van der Waals surface area (Å²) >= 11 is 4.54. The summed E-state index contributed by atoms with van der Waals surface area (Å²) in [6.07, 6.45) is 11.1. The Morgan fingerprint density at radius 2 is 0.971 bits per heavy atom. The number of carbonyl (C=O) groups excluding carboxylic acids is 1. The van der Waals surface area contributed by atoms with Crippen LogP contribution in [0.2, 0.25) is 0 Å². The zero-order chi connectivity index (χ0) is 24.1. The molecule has 0 fully saturated rings. The molecule has 182 valence electrons. The van der Waals surface area contributed by atoms with E-state index in [1.165, 1.54) is 61.5 Å². The molecule has 0 spiro atoms. The van der Waals surface area contributed by atoms with Crippen LogP contribution >= 0.6 is 20.8 Å². The van der Waals surface area contributed by atoms with E-state index in [-0.39, 0.29) is 5.97 Å². The number of methoxy groups -OCH3 is 1. The van der Waals surface area contributed by atoms with Gasteiger partial charge in [-0.05, 0) is 0 Å². The first kappa shape index (κ1) is 26.6. The number of benzene rings is 3. The summed E-state index contributed by atoms with van der Waals surface area (Å²) in [6.45, 7) is 0. The second-order valence-electron chi connectivity index (χ2n) is 9.07. The van der Waals surface area contributed by atoms with Crippen molar-refractivity contribution in [3.8, 4) is 0 Å². The molecule has 3 aromatic rings. The van der Waals surface area contributed by atoms with E-state index in [0.29, 0.717) is 6.42 Å². The van der Waals surface area contributed by atoms with E-state index in [2.05, 4.69) is 106 Å². The van der Waals surface area contributed by atoms with Crippen molar-refractivity contribution in [2.24, 2.45) is 0 Å². The molecule has 0 N–H and O–H groups in total. The fraction of sp³-hybridized carbons (Fsp3) is 0.367. The van der Waals surface area contributed by atoms with Crippen LogP contribution in [-0.2, 0) is 9.53 Å². The molecule has 0 radical (unpaired) electrons. The summed E-state index contributed by atoms with van der Waals surface area (Å²) in [7, 11) is 1.46. The van der Waals surface area contributed by atoms with Crippen LogP contribution in [0.5, 0.6) is 0 Å². The van der Waals surface area contributed by atoms with E-state index >= 15 is 0 Å². The Labute approximate surface area is 213 Å². The van der Waals surface area contributed by atoms with Gasteiger partial charge in [-0.15, -0.1) is 0 Å². The quantitative estimate of drug-likeness (QED) is 0.120. The van der Waals surface area contributed by atoms with Crippen LogP contribution in [0, 0.1) is 0 Å². The first-order valence-corrected chi connectivity index (χ1v) is 17.0. The second kappa shape index (κ2) is 13.2. The molecule has 0 unspecified atom stereocenters. The summed E-state index contributed by atoms with van der Waals surface area (Å²) in [5.41, 5.74) is 0. The number of halogens is 1. The third-order valence-corrected chi connectivity index (χ3v) is 16.9. The van der Waals surface area contributed by atoms with Gasteiger partial charge in [0.15, 0.2) is 0 Å². The third-order valence-electron chi connectivity index (χ3n) is 6.82. The number of carbonyl (C=O) groups is 1. The van der Waals surface area contributed by atoms with Crippen LogP contribution in [0.3, 0.4) is 0 Å². The van der Waals surface area contributed by atoms with Crippen LogP contribution in [0.4, 0.5) is 0 Å². The van der Waals surface area contributed by atoms with Crippen molar-refractivity contribution in [1.29, 1.82) is 0 Å². The Morgan fingerprint density at radius 3 is 1.35 bits per heavy atom. The summed E-state index contributed by atoms with van der Waals surface area (Å²) in [6, 6.07) is 33.2. The van der Waals surface area contributed by atoms with Gasteiger partial charge in [0.05, 0.1) is 7.11 Å². The van der Waals surface area contributed by atoms with Gasteiger partial charge < -0.3 is 0 Å². The minimum atomic E-state index is -2.77. The number of esters is 1. The molecule has 0 saturated heterocycles. The van der Waals surface area contributed by atoms with Gasteiger partial charge in [0.25, 0.3) is 0 Å². The molecule has 3 rings (SSSR count). The van der Waals surface area contributed by atoms with Crippen molar-refractivity contribution in [2.45, 2.75) is 57.8 Å². The van der Waals surface area contributed by atoms with Gasteiger partial charge in [-0.25, -0.2) is 0 Å². The summed E-state index contributed by atoms with van der Waals surface area (Å²) < 4.78 is 4.71. The molecule has 4 heteroatoms. The maximum atomic E-state index is 11.2. The molecule has 0 atom stereocenters. The van der Waals surface area contributed by atoms with Crippen LogP contribution in [0.25, 0.3) is 0 Å². The monoisotopic (exact) mass is 540 g/mol. The summed E-state index contributed by atoms with van der Waals surface area (Å²) in [4.78, 5) is 11.2. The number of rotatable bonds is 14. The first-order valence-electron chi connectivity index (χ1n) is 12.6. The van der Waals surface area contributed by atoms with E-state index in [9.17, 15) is 4.79 Å². The Hall–Kier alpha value is -1.96. The van der Waals surface area contributed by atoms with Gasteiger partial charge in [-0.3, -0.25) is 0 Å². The van der Waals surface area contributed by atoms with Gasteiger partial charge >= 0.3 is 207 Å². The summed E-state index contributed by atoms with van der Waals surface area (Å²) in [5.74, 6) is -0.0913. The number of hydrogen-bond acceptors (Lipinski definition) is 2. The maximum absolute atomic E-state index is 11.2. The molecule has 0 heterocycles. The first-order chi connectivity index (χ1) is 16.6. The topological polar surface area (TPSA) is 26.3 Å². The van der Waals surface area contributed by atoms with Gasteiger partial charge in [-0.2, -0.15) is 0 Å². The molecule has 0 aromatic heterocycles. The molecular formula is C30H38BrO2P. The van der Waals surface area contributed by atoms with Crippen LogP contribution < -0.4 is 15.9 Å². The average molecular weight is 542 g/mol. The van der Waals surface area contributed by atoms with E-state index in [0.717, 1.165) is 19.0 Å². The molecule has 0 aliphatic carbocycles. The van der Waals surface area contributed by atoms with Gasteiger partial charge in [0.1, 0.15) is 0 Å². The van der Waals surface area contributed by atoms with Crippen LogP contribution in [-0.4, -0.2) is 19.2 Å². The average Bonchev–Trinajstić information content (AvgIpc) is 2.91. The van der Waals surface area contributed by atoms with E-state index in [1.54, 1.807) is 0 Å². The molecule has 3 aromatic carbocycles. The molecule has 0 bridgehead atoms. The molecule has 2 nitrogen and oxygen atoms in total. The second-order valence-corrected chi connectivity index (χ2v) is 18.1. The van der Waals surface area contributed by atoms with Crippen LogP contribution in [0.1, 0.15) is 57.8 Å². The van der Waals surface area contributed by atoms with Crippen molar-refractivity contribution in [3.05, 3.63) is 91.0 Å². The van der Waals surface area contributed by atoms with E-state index in [1.807, 2.05) is 0 Å². The van der Waals surface area contributed by atoms with E-state index < -0.39 is 5.31 Å². The van der Waals surface area contributed by atoms with Crippen molar-refractivity contribution < 1.29 is 9.53 Å². The van der Waals surface area contributed by atoms with Gasteiger partial charge in [0, 0.05) is 0 Å². The molecule has 0 aliphatic rings. The van der Waals surface area contributed by atoms with Crippen molar-refractivity contribution in [2.75, 3.05) is 13.3 Å². The fourth-order valence-electron chi connectivity index (χ4n) is 4.89. The predicted octanol–water partition coefficient (Wildman–Crippen LogP) is 7.51. The molecule has 0 aliphatic heterocycles. The zero-order valence-electron chi connectivity index (χ0n) is 20.4.